The number of nitrogens with zero attached hydrogens (tertiary/aromatic N) is 3. The van der Waals surface area contributed by atoms with Crippen LogP contribution in [-0.4, -0.2) is 36.4 Å². The Kier molecular flexibility index (Phi) is 3.11. The maximum Gasteiger partial charge on any atom is 0.273 e. The van der Waals surface area contributed by atoms with Crippen molar-refractivity contribution in [3.8, 4) is 0 Å². The monoisotopic (exact) mass is 286 g/mol. The molecule has 3 rings (SSSR count). The first kappa shape index (κ1) is 13.0. The lowest BCUT2D eigenvalue weighted by atomic mass is 9.89. The second-order valence-electron chi connectivity index (χ2n) is 5.43. The van der Waals surface area contributed by atoms with Crippen LogP contribution in [0.1, 0.15) is 44.0 Å². The maximum absolute atomic E-state index is 11.6. The summed E-state index contributed by atoms with van der Waals surface area (Å²) in [5.41, 5.74) is 0. The third kappa shape index (κ3) is 2.39. The third-order valence-electron chi connectivity index (χ3n) is 3.83. The van der Waals surface area contributed by atoms with Crippen molar-refractivity contribution in [3.63, 3.8) is 0 Å². The molecule has 2 fully saturated rings. The van der Waals surface area contributed by atoms with Crippen molar-refractivity contribution in [1.82, 2.24) is 14.8 Å². The Morgan fingerprint density at radius 2 is 2.05 bits per heavy atom. The number of aromatic nitrogens is 3. The number of ether oxygens (including phenoxy) is 1. The highest BCUT2D eigenvalue weighted by molar-refractivity contribution is 7.89. The van der Waals surface area contributed by atoms with Crippen molar-refractivity contribution < 1.29 is 13.2 Å². The molecule has 2 atom stereocenters. The number of sulfonamides is 1. The number of rotatable bonds is 3. The number of hydrogen-bond donors (Lipinski definition) is 1. The predicted molar refractivity (Wildman–Crippen MR) is 67.0 cm³/mol. The first-order valence-electron chi connectivity index (χ1n) is 6.54. The van der Waals surface area contributed by atoms with Gasteiger partial charge in [-0.1, -0.05) is 6.92 Å². The van der Waals surface area contributed by atoms with E-state index in [1.807, 2.05) is 0 Å². The minimum atomic E-state index is -3.82. The summed E-state index contributed by atoms with van der Waals surface area (Å²) in [4.78, 5) is 0. The van der Waals surface area contributed by atoms with Gasteiger partial charge in [0.25, 0.3) is 15.2 Å². The highest BCUT2D eigenvalue weighted by atomic mass is 32.2. The van der Waals surface area contributed by atoms with Crippen LogP contribution in [-0.2, 0) is 14.8 Å². The third-order valence-corrected chi connectivity index (χ3v) is 4.62. The highest BCUT2D eigenvalue weighted by Crippen LogP contribution is 2.41. The van der Waals surface area contributed by atoms with Crippen molar-refractivity contribution in [1.29, 1.82) is 0 Å². The molecule has 2 heterocycles. The Morgan fingerprint density at radius 3 is 2.63 bits per heavy atom. The molecular weight excluding hydrogens is 268 g/mol. The summed E-state index contributed by atoms with van der Waals surface area (Å²) in [5.74, 6) is 1.25. The number of hydrogen-bond acceptors (Lipinski definition) is 5. The van der Waals surface area contributed by atoms with E-state index in [2.05, 4.69) is 17.1 Å². The van der Waals surface area contributed by atoms with Crippen LogP contribution in [0.3, 0.4) is 0 Å². The molecule has 7 nitrogen and oxygen atoms in total. The lowest BCUT2D eigenvalue weighted by Gasteiger charge is -2.28. The second kappa shape index (κ2) is 4.53. The topological polar surface area (TPSA) is 100 Å². The molecule has 1 aromatic rings. The van der Waals surface area contributed by atoms with Gasteiger partial charge in [0.15, 0.2) is 0 Å². The van der Waals surface area contributed by atoms with Gasteiger partial charge >= 0.3 is 0 Å². The van der Waals surface area contributed by atoms with E-state index in [1.54, 1.807) is 4.57 Å². The molecule has 2 aliphatic rings. The van der Waals surface area contributed by atoms with E-state index in [9.17, 15) is 8.42 Å². The SMILES string of the molecule is CC1COCCC1c1nnc(S(N)(=O)=O)n1C1CC1. The Bertz CT molecular complexity index is 579. The molecule has 1 aromatic heterocycles. The van der Waals surface area contributed by atoms with Crippen molar-refractivity contribution in [2.45, 2.75) is 43.3 Å². The van der Waals surface area contributed by atoms with E-state index in [0.29, 0.717) is 19.1 Å². The van der Waals surface area contributed by atoms with Crippen molar-refractivity contribution >= 4 is 10.0 Å². The van der Waals surface area contributed by atoms with Gasteiger partial charge in [0.2, 0.25) is 0 Å². The molecule has 1 saturated carbocycles. The number of nitrogens with two attached hydrogens (primary N) is 1. The highest BCUT2D eigenvalue weighted by Gasteiger charge is 2.37. The summed E-state index contributed by atoms with van der Waals surface area (Å²) in [6, 6.07) is 0.188. The Morgan fingerprint density at radius 1 is 1.32 bits per heavy atom. The lowest BCUT2D eigenvalue weighted by Crippen LogP contribution is -2.27. The van der Waals surface area contributed by atoms with Gasteiger partial charge in [-0.3, -0.25) is 4.57 Å². The Balaban J connectivity index is 2.04. The quantitative estimate of drug-likeness (QED) is 0.867. The molecule has 0 bridgehead atoms. The largest absolute Gasteiger partial charge is 0.381 e. The van der Waals surface area contributed by atoms with Crippen LogP contribution in [0.4, 0.5) is 0 Å². The summed E-state index contributed by atoms with van der Waals surface area (Å²) in [6.07, 6.45) is 2.77. The van der Waals surface area contributed by atoms with Gasteiger partial charge < -0.3 is 4.74 Å². The van der Waals surface area contributed by atoms with E-state index in [4.69, 9.17) is 9.88 Å². The molecule has 8 heteroatoms. The average Bonchev–Trinajstić information content (AvgIpc) is 3.07. The summed E-state index contributed by atoms with van der Waals surface area (Å²) in [7, 11) is -3.82. The lowest BCUT2D eigenvalue weighted by molar-refractivity contribution is 0.0441. The first-order chi connectivity index (χ1) is 8.98. The van der Waals surface area contributed by atoms with E-state index >= 15 is 0 Å². The molecule has 0 amide bonds. The summed E-state index contributed by atoms with van der Waals surface area (Å²) >= 11 is 0. The molecular formula is C11H18N4O3S. The minimum Gasteiger partial charge on any atom is -0.381 e. The average molecular weight is 286 g/mol. The van der Waals surface area contributed by atoms with Crippen molar-refractivity contribution in [2.75, 3.05) is 13.2 Å². The number of primary sulfonamides is 1. The van der Waals surface area contributed by atoms with Gasteiger partial charge in [-0.2, -0.15) is 0 Å². The smallest absolute Gasteiger partial charge is 0.273 e. The van der Waals surface area contributed by atoms with E-state index in [-0.39, 0.29) is 17.1 Å². The summed E-state index contributed by atoms with van der Waals surface area (Å²) in [6.45, 7) is 3.44. The zero-order chi connectivity index (χ0) is 13.6. The zero-order valence-corrected chi connectivity index (χ0v) is 11.6. The standard InChI is InChI=1S/C11H18N4O3S/c1-7-6-18-5-4-9(7)10-13-14-11(19(12,16)17)15(10)8-2-3-8/h7-9H,2-6H2,1H3,(H2,12,16,17). The molecule has 0 spiro atoms. The predicted octanol–water partition coefficient (Wildman–Crippen LogP) is 0.400. The molecule has 1 saturated heterocycles. The van der Waals surface area contributed by atoms with Crippen LogP contribution in [0.25, 0.3) is 0 Å². The molecule has 0 radical (unpaired) electrons. The Hall–Kier alpha value is -0.990. The van der Waals surface area contributed by atoms with Crippen LogP contribution in [0.2, 0.25) is 0 Å². The normalized spacial score (nSPS) is 28.5. The van der Waals surface area contributed by atoms with Crippen molar-refractivity contribution in [2.24, 2.45) is 11.1 Å². The first-order valence-corrected chi connectivity index (χ1v) is 8.08. The minimum absolute atomic E-state index is 0.0938. The van der Waals surface area contributed by atoms with Gasteiger partial charge in [0.1, 0.15) is 5.82 Å². The molecule has 19 heavy (non-hydrogen) atoms. The zero-order valence-electron chi connectivity index (χ0n) is 10.8. The van der Waals surface area contributed by atoms with E-state index in [1.165, 1.54) is 0 Å². The van der Waals surface area contributed by atoms with Gasteiger partial charge in [-0.25, -0.2) is 13.6 Å². The maximum atomic E-state index is 11.6. The summed E-state index contributed by atoms with van der Waals surface area (Å²) in [5, 5.41) is 13.1. The van der Waals surface area contributed by atoms with Crippen LogP contribution in [0, 0.1) is 5.92 Å². The van der Waals surface area contributed by atoms with Crippen molar-refractivity contribution in [3.05, 3.63) is 5.82 Å². The molecule has 106 valence electrons. The molecule has 0 aromatic carbocycles. The van der Waals surface area contributed by atoms with E-state index in [0.717, 1.165) is 25.1 Å². The van der Waals surface area contributed by atoms with Gasteiger partial charge in [0.05, 0.1) is 0 Å². The van der Waals surface area contributed by atoms with Crippen LogP contribution in [0.15, 0.2) is 5.16 Å². The molecule has 1 aliphatic heterocycles. The van der Waals surface area contributed by atoms with Crippen LogP contribution >= 0.6 is 0 Å². The molecule has 2 N–H and O–H groups in total. The Labute approximate surface area is 112 Å². The van der Waals surface area contributed by atoms with Gasteiger partial charge in [-0.15, -0.1) is 10.2 Å². The molecule has 2 unspecified atom stereocenters. The fraction of sp³-hybridized carbons (Fsp3) is 0.818. The summed E-state index contributed by atoms with van der Waals surface area (Å²) < 4.78 is 30.3. The van der Waals surface area contributed by atoms with Gasteiger partial charge in [0, 0.05) is 25.2 Å². The van der Waals surface area contributed by atoms with Crippen LogP contribution in [0.5, 0.6) is 0 Å². The second-order valence-corrected chi connectivity index (χ2v) is 6.89. The van der Waals surface area contributed by atoms with E-state index < -0.39 is 10.0 Å². The van der Waals surface area contributed by atoms with Crippen LogP contribution < -0.4 is 5.14 Å². The van der Waals surface area contributed by atoms with Gasteiger partial charge in [-0.05, 0) is 25.2 Å². The molecule has 1 aliphatic carbocycles. The fourth-order valence-electron chi connectivity index (χ4n) is 2.67. The fourth-order valence-corrected chi connectivity index (χ4v) is 3.35.